The summed E-state index contributed by atoms with van der Waals surface area (Å²) in [4.78, 5) is 10.5. The minimum absolute atomic E-state index is 0.0544. The summed E-state index contributed by atoms with van der Waals surface area (Å²) >= 11 is 0. The van der Waals surface area contributed by atoms with Gasteiger partial charge in [0.05, 0.1) is 19.8 Å². The Morgan fingerprint density at radius 3 is 2.00 bits per heavy atom. The van der Waals surface area contributed by atoms with E-state index in [1.165, 1.54) is 0 Å². The van der Waals surface area contributed by atoms with Crippen molar-refractivity contribution in [2.75, 3.05) is 26.4 Å². The number of aliphatic hydroxyl groups is 3. The Hall–Kier alpha value is -0.650. The minimum atomic E-state index is -0.230. The van der Waals surface area contributed by atoms with Crippen LogP contribution in [0.1, 0.15) is 19.8 Å². The fourth-order valence-electron chi connectivity index (χ4n) is 0.457. The summed E-state index contributed by atoms with van der Waals surface area (Å²) < 4.78 is 4.59. The fraction of sp³-hybridized carbons (Fsp3) is 0.875. The smallest absolute Gasteiger partial charge is 0.305 e. The van der Waals surface area contributed by atoms with Gasteiger partial charge in [-0.2, -0.15) is 0 Å². The van der Waals surface area contributed by atoms with E-state index < -0.39 is 0 Å². The van der Waals surface area contributed by atoms with Crippen molar-refractivity contribution in [1.29, 1.82) is 0 Å². The molecule has 13 heavy (non-hydrogen) atoms. The van der Waals surface area contributed by atoms with Crippen LogP contribution in [0.15, 0.2) is 0 Å². The lowest BCUT2D eigenvalue weighted by atomic mass is 10.3. The second-order valence-corrected chi connectivity index (χ2v) is 2.08. The summed E-state index contributed by atoms with van der Waals surface area (Å²) in [5.41, 5.74) is 0. The van der Waals surface area contributed by atoms with E-state index in [-0.39, 0.29) is 25.8 Å². The van der Waals surface area contributed by atoms with Crippen molar-refractivity contribution < 1.29 is 24.9 Å². The number of hydrogen-bond donors (Lipinski definition) is 3. The van der Waals surface area contributed by atoms with Gasteiger partial charge in [0.1, 0.15) is 0 Å². The van der Waals surface area contributed by atoms with Gasteiger partial charge in [0, 0.05) is 13.0 Å². The molecule has 0 aliphatic carbocycles. The zero-order chi connectivity index (χ0) is 10.5. The molecule has 0 aromatic carbocycles. The first kappa shape index (κ1) is 14.9. The molecule has 0 bridgehead atoms. The molecule has 80 valence electrons. The van der Waals surface area contributed by atoms with E-state index in [0.717, 1.165) is 0 Å². The van der Waals surface area contributed by atoms with Gasteiger partial charge in [0.15, 0.2) is 0 Å². The molecule has 0 amide bonds. The number of rotatable bonds is 5. The van der Waals surface area contributed by atoms with Crippen molar-refractivity contribution in [3.8, 4) is 0 Å². The molecule has 0 aromatic rings. The second kappa shape index (κ2) is 13.9. The van der Waals surface area contributed by atoms with Crippen LogP contribution >= 0.6 is 0 Å². The van der Waals surface area contributed by atoms with Crippen LogP contribution in [-0.4, -0.2) is 47.7 Å². The molecular formula is C8H18O5. The number of carbonyl (C=O) groups excluding carboxylic acids is 1. The molecule has 5 heteroatoms. The molecule has 0 aliphatic heterocycles. The van der Waals surface area contributed by atoms with Crippen LogP contribution in [0.2, 0.25) is 0 Å². The molecule has 0 fully saturated rings. The molecule has 0 aliphatic rings. The predicted octanol–water partition coefficient (Wildman–Crippen LogP) is -0.707. The average Bonchev–Trinajstić information content (AvgIpc) is 2.16. The average molecular weight is 194 g/mol. The highest BCUT2D eigenvalue weighted by atomic mass is 16.5. The Kier molecular flexibility index (Phi) is 15.9. The third kappa shape index (κ3) is 18.4. The number of hydrogen-bond acceptors (Lipinski definition) is 5. The topological polar surface area (TPSA) is 87.0 Å². The highest BCUT2D eigenvalue weighted by Gasteiger charge is 1.97. The van der Waals surface area contributed by atoms with Gasteiger partial charge in [-0.05, 0) is 13.3 Å². The maximum atomic E-state index is 10.5. The van der Waals surface area contributed by atoms with E-state index in [0.29, 0.717) is 19.4 Å². The van der Waals surface area contributed by atoms with E-state index >= 15 is 0 Å². The van der Waals surface area contributed by atoms with Crippen molar-refractivity contribution in [3.63, 3.8) is 0 Å². The normalized spacial score (nSPS) is 8.62. The summed E-state index contributed by atoms with van der Waals surface area (Å²) in [6.45, 7) is 1.99. The van der Waals surface area contributed by atoms with Crippen molar-refractivity contribution >= 4 is 5.97 Å². The Bertz CT molecular complexity index is 103. The van der Waals surface area contributed by atoms with Crippen molar-refractivity contribution in [1.82, 2.24) is 0 Å². The Morgan fingerprint density at radius 2 is 1.69 bits per heavy atom. The lowest BCUT2D eigenvalue weighted by Crippen LogP contribution is -2.03. The van der Waals surface area contributed by atoms with Crippen LogP contribution < -0.4 is 0 Å². The number of carbonyl (C=O) groups is 1. The molecule has 0 saturated heterocycles. The van der Waals surface area contributed by atoms with Crippen molar-refractivity contribution in [3.05, 3.63) is 0 Å². The zero-order valence-corrected chi connectivity index (χ0v) is 7.90. The van der Waals surface area contributed by atoms with Crippen molar-refractivity contribution in [2.45, 2.75) is 19.8 Å². The Morgan fingerprint density at radius 1 is 1.15 bits per heavy atom. The maximum Gasteiger partial charge on any atom is 0.305 e. The third-order valence-electron chi connectivity index (χ3n) is 0.944. The zero-order valence-electron chi connectivity index (χ0n) is 7.90. The standard InChI is InChI=1S/C6H12O3.C2H6O2/c1-2-9-6(8)4-3-5-7;3-1-2-4/h7H,2-5H2,1H3;3-4H,1-2H2. The van der Waals surface area contributed by atoms with Crippen molar-refractivity contribution in [2.24, 2.45) is 0 Å². The van der Waals surface area contributed by atoms with Gasteiger partial charge >= 0.3 is 5.97 Å². The van der Waals surface area contributed by atoms with E-state index in [2.05, 4.69) is 4.74 Å². The van der Waals surface area contributed by atoms with E-state index in [4.69, 9.17) is 15.3 Å². The van der Waals surface area contributed by atoms with Gasteiger partial charge < -0.3 is 20.1 Å². The number of esters is 1. The summed E-state index contributed by atoms with van der Waals surface area (Å²) in [7, 11) is 0. The summed E-state index contributed by atoms with van der Waals surface area (Å²) in [5, 5.41) is 23.5. The van der Waals surface area contributed by atoms with Crippen LogP contribution in [0.25, 0.3) is 0 Å². The van der Waals surface area contributed by atoms with Gasteiger partial charge in [-0.1, -0.05) is 0 Å². The molecule has 3 N–H and O–H groups in total. The van der Waals surface area contributed by atoms with Crippen LogP contribution in [0.5, 0.6) is 0 Å². The van der Waals surface area contributed by atoms with Crippen LogP contribution in [0, 0.1) is 0 Å². The molecule has 0 spiro atoms. The maximum absolute atomic E-state index is 10.5. The highest BCUT2D eigenvalue weighted by Crippen LogP contribution is 1.89. The van der Waals surface area contributed by atoms with Crippen LogP contribution in [0.3, 0.4) is 0 Å². The van der Waals surface area contributed by atoms with Crippen LogP contribution in [0.4, 0.5) is 0 Å². The Labute approximate surface area is 78.0 Å². The molecule has 0 heterocycles. The predicted molar refractivity (Wildman–Crippen MR) is 47.1 cm³/mol. The number of ether oxygens (including phenoxy) is 1. The molecule has 0 aromatic heterocycles. The van der Waals surface area contributed by atoms with E-state index in [9.17, 15) is 4.79 Å². The minimum Gasteiger partial charge on any atom is -0.466 e. The summed E-state index contributed by atoms with van der Waals surface area (Å²) in [6, 6.07) is 0. The molecule has 0 saturated carbocycles. The molecule has 0 unspecified atom stereocenters. The first-order valence-electron chi connectivity index (χ1n) is 4.21. The van der Waals surface area contributed by atoms with Gasteiger partial charge in [0.25, 0.3) is 0 Å². The first-order valence-corrected chi connectivity index (χ1v) is 4.21. The molecule has 0 rings (SSSR count). The highest BCUT2D eigenvalue weighted by molar-refractivity contribution is 5.69. The number of aliphatic hydroxyl groups excluding tert-OH is 3. The lowest BCUT2D eigenvalue weighted by Gasteiger charge is -1.97. The Balaban J connectivity index is 0. The second-order valence-electron chi connectivity index (χ2n) is 2.08. The summed E-state index contributed by atoms with van der Waals surface area (Å²) in [6.07, 6.45) is 0.823. The third-order valence-corrected chi connectivity index (χ3v) is 0.944. The molecular weight excluding hydrogens is 176 g/mol. The largest absolute Gasteiger partial charge is 0.466 e. The lowest BCUT2D eigenvalue weighted by molar-refractivity contribution is -0.143. The van der Waals surface area contributed by atoms with Gasteiger partial charge in [-0.3, -0.25) is 4.79 Å². The molecule has 5 nitrogen and oxygen atoms in total. The van der Waals surface area contributed by atoms with E-state index in [1.54, 1.807) is 6.92 Å². The van der Waals surface area contributed by atoms with E-state index in [1.807, 2.05) is 0 Å². The monoisotopic (exact) mass is 194 g/mol. The molecule has 0 atom stereocenters. The summed E-state index contributed by atoms with van der Waals surface area (Å²) in [5.74, 6) is -0.230. The van der Waals surface area contributed by atoms with Gasteiger partial charge in [-0.15, -0.1) is 0 Å². The van der Waals surface area contributed by atoms with Gasteiger partial charge in [0.2, 0.25) is 0 Å². The fourth-order valence-corrected chi connectivity index (χ4v) is 0.457. The van der Waals surface area contributed by atoms with Gasteiger partial charge in [-0.25, -0.2) is 0 Å². The first-order chi connectivity index (χ1) is 6.22. The van der Waals surface area contributed by atoms with Crippen LogP contribution in [-0.2, 0) is 9.53 Å². The SMILES string of the molecule is CCOC(=O)CCCO.OCCO. The quantitative estimate of drug-likeness (QED) is 0.503. The molecule has 0 radical (unpaired) electrons.